The highest BCUT2D eigenvalue weighted by Gasteiger charge is 1.81. The molecule has 0 unspecified atom stereocenters. The van der Waals surface area contributed by atoms with Crippen LogP contribution in [-0.2, 0) is 0 Å². The molecule has 48 valence electrons. The van der Waals surface area contributed by atoms with Crippen LogP contribution in [0.5, 0.6) is 0 Å². The van der Waals surface area contributed by atoms with Crippen LogP contribution in [0.4, 0.5) is 0 Å². The number of hydrogen-bond donors (Lipinski definition) is 0. The van der Waals surface area contributed by atoms with Gasteiger partial charge in [-0.1, -0.05) is 36.3 Å². The van der Waals surface area contributed by atoms with E-state index < -0.39 is 0 Å². The summed E-state index contributed by atoms with van der Waals surface area (Å²) in [7, 11) is 0. The summed E-state index contributed by atoms with van der Waals surface area (Å²) in [5.74, 6) is 2.56. The molecule has 0 fully saturated rings. The standard InChI is InChI=1S/C10H8/c1-2-10-8-6-4-3-5-7-9-10/h1,3-9H. The first-order valence-electron chi connectivity index (χ1n) is 3.12. The van der Waals surface area contributed by atoms with Crippen molar-refractivity contribution in [3.05, 3.63) is 48.1 Å². The molecule has 0 saturated heterocycles. The molecule has 0 spiro atoms. The van der Waals surface area contributed by atoms with Crippen molar-refractivity contribution in [3.8, 4) is 12.3 Å². The van der Waals surface area contributed by atoms with Crippen molar-refractivity contribution in [1.29, 1.82) is 0 Å². The molecule has 0 amide bonds. The molecule has 0 heterocycles. The molecular formula is C10H8. The van der Waals surface area contributed by atoms with Crippen molar-refractivity contribution < 1.29 is 0 Å². The molecule has 0 bridgehead atoms. The quantitative estimate of drug-likeness (QED) is 0.439. The number of allylic oxidation sites excluding steroid dienone is 8. The van der Waals surface area contributed by atoms with Gasteiger partial charge in [0.2, 0.25) is 0 Å². The van der Waals surface area contributed by atoms with E-state index in [1.807, 2.05) is 42.5 Å². The molecular weight excluding hydrogens is 120 g/mol. The third-order valence-electron chi connectivity index (χ3n) is 1.16. The van der Waals surface area contributed by atoms with Crippen molar-refractivity contribution in [2.75, 3.05) is 0 Å². The van der Waals surface area contributed by atoms with Crippen molar-refractivity contribution in [3.63, 3.8) is 0 Å². The first-order chi connectivity index (χ1) is 4.93. The summed E-state index contributed by atoms with van der Waals surface area (Å²) >= 11 is 0. The van der Waals surface area contributed by atoms with Gasteiger partial charge in [0.1, 0.15) is 0 Å². The van der Waals surface area contributed by atoms with Crippen LogP contribution in [0, 0.1) is 12.3 Å². The largest absolute Gasteiger partial charge is 0.115 e. The molecule has 0 N–H and O–H groups in total. The Labute approximate surface area is 61.3 Å². The maximum Gasteiger partial charge on any atom is 0.0242 e. The molecule has 0 aliphatic heterocycles. The van der Waals surface area contributed by atoms with Crippen LogP contribution in [0.1, 0.15) is 0 Å². The van der Waals surface area contributed by atoms with Gasteiger partial charge in [-0.25, -0.2) is 0 Å². The Morgan fingerprint density at radius 1 is 1.00 bits per heavy atom. The normalized spacial score (nSPS) is 15.3. The van der Waals surface area contributed by atoms with Gasteiger partial charge >= 0.3 is 0 Å². The summed E-state index contributed by atoms with van der Waals surface area (Å²) < 4.78 is 0. The highest BCUT2D eigenvalue weighted by molar-refractivity contribution is 5.41. The highest BCUT2D eigenvalue weighted by Crippen LogP contribution is 1.98. The van der Waals surface area contributed by atoms with Crippen molar-refractivity contribution in [2.45, 2.75) is 0 Å². The minimum atomic E-state index is 0.903. The van der Waals surface area contributed by atoms with Gasteiger partial charge in [0, 0.05) is 5.57 Å². The van der Waals surface area contributed by atoms with Crippen LogP contribution in [0.15, 0.2) is 48.1 Å². The zero-order valence-corrected chi connectivity index (χ0v) is 5.62. The van der Waals surface area contributed by atoms with E-state index in [1.165, 1.54) is 0 Å². The Balaban J connectivity index is 2.86. The minimum Gasteiger partial charge on any atom is -0.115 e. The van der Waals surface area contributed by atoms with Gasteiger partial charge in [0.25, 0.3) is 0 Å². The van der Waals surface area contributed by atoms with E-state index in [0.29, 0.717) is 0 Å². The van der Waals surface area contributed by atoms with E-state index in [1.54, 1.807) is 0 Å². The van der Waals surface area contributed by atoms with Gasteiger partial charge in [-0.3, -0.25) is 0 Å². The highest BCUT2D eigenvalue weighted by atomic mass is 13.9. The molecule has 0 aromatic rings. The fourth-order valence-corrected chi connectivity index (χ4v) is 0.663. The van der Waals surface area contributed by atoms with Crippen LogP contribution in [-0.4, -0.2) is 0 Å². The molecule has 0 aromatic heterocycles. The van der Waals surface area contributed by atoms with E-state index in [4.69, 9.17) is 6.42 Å². The maximum absolute atomic E-state index is 5.20. The Hall–Kier alpha value is -1.48. The van der Waals surface area contributed by atoms with Crippen LogP contribution in [0.25, 0.3) is 0 Å². The average Bonchev–Trinajstić information content (AvgIpc) is 1.87. The van der Waals surface area contributed by atoms with Gasteiger partial charge < -0.3 is 0 Å². The molecule has 0 aromatic carbocycles. The van der Waals surface area contributed by atoms with Crippen molar-refractivity contribution in [2.24, 2.45) is 0 Å². The topological polar surface area (TPSA) is 0 Å². The Morgan fingerprint density at radius 2 is 1.70 bits per heavy atom. The molecule has 0 radical (unpaired) electrons. The van der Waals surface area contributed by atoms with E-state index in [9.17, 15) is 0 Å². The van der Waals surface area contributed by atoms with Crippen molar-refractivity contribution in [1.82, 2.24) is 0 Å². The van der Waals surface area contributed by atoms with E-state index in [-0.39, 0.29) is 0 Å². The lowest BCUT2D eigenvalue weighted by molar-refractivity contribution is 1.71. The summed E-state index contributed by atoms with van der Waals surface area (Å²) in [4.78, 5) is 0. The first kappa shape index (κ1) is 6.64. The monoisotopic (exact) mass is 128 g/mol. The third kappa shape index (κ3) is 1.80. The van der Waals surface area contributed by atoms with E-state index in [2.05, 4.69) is 5.92 Å². The summed E-state index contributed by atoms with van der Waals surface area (Å²) in [5, 5.41) is 0. The van der Waals surface area contributed by atoms with Crippen LogP contribution in [0.3, 0.4) is 0 Å². The van der Waals surface area contributed by atoms with Gasteiger partial charge in [-0.05, 0) is 12.2 Å². The molecule has 0 atom stereocenters. The van der Waals surface area contributed by atoms with Crippen LogP contribution >= 0.6 is 0 Å². The van der Waals surface area contributed by atoms with Gasteiger partial charge in [-0.15, -0.1) is 6.42 Å². The lowest BCUT2D eigenvalue weighted by atomic mass is 10.2. The van der Waals surface area contributed by atoms with Crippen molar-refractivity contribution >= 4 is 0 Å². The zero-order valence-electron chi connectivity index (χ0n) is 5.62. The predicted molar refractivity (Wildman–Crippen MR) is 44.3 cm³/mol. The summed E-state index contributed by atoms with van der Waals surface area (Å²) in [6.07, 6.45) is 18.7. The second kappa shape index (κ2) is 3.53. The number of hydrogen-bond acceptors (Lipinski definition) is 0. The van der Waals surface area contributed by atoms with Crippen LogP contribution < -0.4 is 0 Å². The molecule has 0 saturated carbocycles. The Kier molecular flexibility index (Phi) is 2.34. The van der Waals surface area contributed by atoms with Gasteiger partial charge in [0.05, 0.1) is 0 Å². The molecule has 10 heavy (non-hydrogen) atoms. The van der Waals surface area contributed by atoms with Gasteiger partial charge in [-0.2, -0.15) is 0 Å². The number of terminal acetylenes is 1. The first-order valence-corrected chi connectivity index (χ1v) is 3.12. The molecule has 1 rings (SSSR count). The van der Waals surface area contributed by atoms with Crippen LogP contribution in [0.2, 0.25) is 0 Å². The number of rotatable bonds is 0. The average molecular weight is 128 g/mol. The summed E-state index contributed by atoms with van der Waals surface area (Å²) in [5.41, 5.74) is 0.903. The fraction of sp³-hybridized carbons (Fsp3) is 0. The molecule has 1 aliphatic carbocycles. The lowest BCUT2D eigenvalue weighted by Crippen LogP contribution is -1.70. The summed E-state index contributed by atoms with van der Waals surface area (Å²) in [6, 6.07) is 0. The maximum atomic E-state index is 5.20. The molecule has 1 aliphatic rings. The second-order valence-corrected chi connectivity index (χ2v) is 1.90. The Bertz CT molecular complexity index is 254. The minimum absolute atomic E-state index is 0.903. The van der Waals surface area contributed by atoms with E-state index in [0.717, 1.165) is 5.57 Å². The van der Waals surface area contributed by atoms with E-state index >= 15 is 0 Å². The smallest absolute Gasteiger partial charge is 0.0242 e. The predicted octanol–water partition coefficient (Wildman–Crippen LogP) is 2.23. The molecule has 0 heteroatoms. The SMILES string of the molecule is C#CC1=CC=CC=CC=C1. The second-order valence-electron chi connectivity index (χ2n) is 1.90. The summed E-state index contributed by atoms with van der Waals surface area (Å²) in [6.45, 7) is 0. The Morgan fingerprint density at radius 3 is 2.50 bits per heavy atom. The third-order valence-corrected chi connectivity index (χ3v) is 1.16. The lowest BCUT2D eigenvalue weighted by Gasteiger charge is -1.87. The zero-order chi connectivity index (χ0) is 7.23. The fourth-order valence-electron chi connectivity index (χ4n) is 0.663. The van der Waals surface area contributed by atoms with Gasteiger partial charge in [0.15, 0.2) is 0 Å². The molecule has 0 nitrogen and oxygen atoms in total.